The Kier molecular flexibility index (Phi) is 3.70. The van der Waals surface area contributed by atoms with E-state index in [1.165, 1.54) is 12.1 Å². The topological polar surface area (TPSA) is 9.23 Å². The van der Waals surface area contributed by atoms with E-state index in [1.54, 1.807) is 6.92 Å². The molecule has 0 aliphatic rings. The number of ether oxygens (including phenoxy) is 1. The van der Waals surface area contributed by atoms with E-state index in [0.717, 1.165) is 12.1 Å². The van der Waals surface area contributed by atoms with Gasteiger partial charge in [-0.25, -0.2) is 0 Å². The number of rotatable bonds is 4. The minimum atomic E-state index is -4.33. The summed E-state index contributed by atoms with van der Waals surface area (Å²) < 4.78 is 49.9. The predicted molar refractivity (Wildman–Crippen MR) is 56.4 cm³/mol. The van der Waals surface area contributed by atoms with Gasteiger partial charge in [0.15, 0.2) is 0 Å². The van der Waals surface area contributed by atoms with Gasteiger partial charge in [0, 0.05) is 1.37 Å². The SMILES string of the molecule is [2H][C@@H](C)[C@H](CC)Oc1ccc(C(F)(F)F)cc1. The summed E-state index contributed by atoms with van der Waals surface area (Å²) in [5.74, 6) is 0.365. The molecule has 0 spiro atoms. The van der Waals surface area contributed by atoms with Crippen molar-refractivity contribution in [1.82, 2.24) is 0 Å². The quantitative estimate of drug-likeness (QED) is 0.754. The molecule has 4 heteroatoms. The van der Waals surface area contributed by atoms with Crippen molar-refractivity contribution in [3.63, 3.8) is 0 Å². The van der Waals surface area contributed by atoms with Gasteiger partial charge < -0.3 is 4.74 Å². The Bertz CT molecular complexity index is 346. The van der Waals surface area contributed by atoms with Gasteiger partial charge in [0.05, 0.1) is 11.7 Å². The average Bonchev–Trinajstić information content (AvgIpc) is 2.25. The lowest BCUT2D eigenvalue weighted by atomic mass is 10.2. The lowest BCUT2D eigenvalue weighted by Gasteiger charge is -2.16. The van der Waals surface area contributed by atoms with Crippen molar-refractivity contribution in [2.75, 3.05) is 0 Å². The first-order valence-electron chi connectivity index (χ1n) is 5.68. The summed E-state index contributed by atoms with van der Waals surface area (Å²) in [5, 5.41) is 0. The molecule has 0 aliphatic carbocycles. The smallest absolute Gasteiger partial charge is 0.416 e. The highest BCUT2D eigenvalue weighted by atomic mass is 19.4. The molecule has 2 atom stereocenters. The molecule has 0 unspecified atom stereocenters. The molecule has 16 heavy (non-hydrogen) atoms. The van der Waals surface area contributed by atoms with Crippen molar-refractivity contribution < 1.29 is 19.3 Å². The molecular weight excluding hydrogens is 217 g/mol. The summed E-state index contributed by atoms with van der Waals surface area (Å²) in [6, 6.07) is 4.54. The third kappa shape index (κ3) is 3.43. The van der Waals surface area contributed by atoms with Gasteiger partial charge in [-0.2, -0.15) is 13.2 Å². The third-order valence-electron chi connectivity index (χ3n) is 2.24. The summed E-state index contributed by atoms with van der Waals surface area (Å²) in [5.41, 5.74) is -0.697. The van der Waals surface area contributed by atoms with Crippen molar-refractivity contribution in [1.29, 1.82) is 0 Å². The fourth-order valence-electron chi connectivity index (χ4n) is 1.28. The van der Waals surface area contributed by atoms with Crippen LogP contribution in [0.5, 0.6) is 5.75 Å². The Morgan fingerprint density at radius 1 is 1.25 bits per heavy atom. The zero-order valence-corrected chi connectivity index (χ0v) is 9.21. The Balaban J connectivity index is 2.75. The minimum Gasteiger partial charge on any atom is -0.490 e. The fraction of sp³-hybridized carbons (Fsp3) is 0.500. The molecule has 0 bridgehead atoms. The second-order valence-corrected chi connectivity index (χ2v) is 3.42. The third-order valence-corrected chi connectivity index (χ3v) is 2.24. The molecule has 0 heterocycles. The Morgan fingerprint density at radius 3 is 2.19 bits per heavy atom. The van der Waals surface area contributed by atoms with E-state index < -0.39 is 18.1 Å². The van der Waals surface area contributed by atoms with Crippen molar-refractivity contribution in [3.8, 4) is 5.75 Å². The van der Waals surface area contributed by atoms with Gasteiger partial charge in [0.2, 0.25) is 0 Å². The van der Waals surface area contributed by atoms with Crippen LogP contribution >= 0.6 is 0 Å². The molecule has 0 saturated heterocycles. The van der Waals surface area contributed by atoms with Crippen LogP contribution in [0.1, 0.15) is 33.6 Å². The summed E-state index contributed by atoms with van der Waals surface area (Å²) in [4.78, 5) is 0. The van der Waals surface area contributed by atoms with Gasteiger partial charge in [0.1, 0.15) is 5.75 Å². The minimum absolute atomic E-state index is 0.299. The molecule has 0 amide bonds. The van der Waals surface area contributed by atoms with E-state index in [1.807, 2.05) is 6.92 Å². The summed E-state index contributed by atoms with van der Waals surface area (Å²) >= 11 is 0. The first-order chi connectivity index (χ1) is 7.84. The maximum atomic E-state index is 12.3. The van der Waals surface area contributed by atoms with Gasteiger partial charge in [-0.05, 0) is 37.1 Å². The molecule has 0 N–H and O–H groups in total. The molecule has 1 nitrogen and oxygen atoms in total. The standard InChI is InChI=1S/C12H15F3O/c1-3-10(4-2)16-11-7-5-9(6-8-11)12(13,14)15/h5-8,10H,3-4H2,1-2H3/i3D/t3-,10+/m0/s1. The van der Waals surface area contributed by atoms with Gasteiger partial charge in [0.25, 0.3) is 0 Å². The highest BCUT2D eigenvalue weighted by Crippen LogP contribution is 2.30. The van der Waals surface area contributed by atoms with Crippen molar-refractivity contribution in [2.24, 2.45) is 0 Å². The predicted octanol–water partition coefficient (Wildman–Crippen LogP) is 4.27. The van der Waals surface area contributed by atoms with E-state index in [0.29, 0.717) is 12.2 Å². The zero-order chi connectivity index (χ0) is 13.1. The number of hydrogen-bond acceptors (Lipinski definition) is 1. The first kappa shape index (κ1) is 11.3. The van der Waals surface area contributed by atoms with E-state index in [9.17, 15) is 13.2 Å². The molecule has 1 aromatic rings. The van der Waals surface area contributed by atoms with Crippen LogP contribution in [-0.4, -0.2) is 6.10 Å². The van der Waals surface area contributed by atoms with Crippen LogP contribution < -0.4 is 4.74 Å². The van der Waals surface area contributed by atoms with Gasteiger partial charge in [-0.1, -0.05) is 13.8 Å². The van der Waals surface area contributed by atoms with Crippen molar-refractivity contribution in [2.45, 2.75) is 38.9 Å². The fourth-order valence-corrected chi connectivity index (χ4v) is 1.28. The first-order valence-corrected chi connectivity index (χ1v) is 5.10. The van der Waals surface area contributed by atoms with Crippen LogP contribution in [0.15, 0.2) is 24.3 Å². The maximum Gasteiger partial charge on any atom is 0.416 e. The van der Waals surface area contributed by atoms with Crippen molar-refractivity contribution >= 4 is 0 Å². The van der Waals surface area contributed by atoms with E-state index in [4.69, 9.17) is 6.11 Å². The number of benzene rings is 1. The molecular formula is C12H15F3O. The van der Waals surface area contributed by atoms with Crippen LogP contribution in [0, 0.1) is 0 Å². The summed E-state index contributed by atoms with van der Waals surface area (Å²) in [6.07, 6.45) is -4.40. The van der Waals surface area contributed by atoms with Crippen LogP contribution in [0.2, 0.25) is 0 Å². The van der Waals surface area contributed by atoms with Crippen LogP contribution in [0.25, 0.3) is 0 Å². The monoisotopic (exact) mass is 233 g/mol. The largest absolute Gasteiger partial charge is 0.490 e. The summed E-state index contributed by atoms with van der Waals surface area (Å²) in [7, 11) is 0. The Labute approximate surface area is 94.6 Å². The van der Waals surface area contributed by atoms with Gasteiger partial charge in [-0.3, -0.25) is 0 Å². The lowest BCUT2D eigenvalue weighted by molar-refractivity contribution is -0.137. The number of halogens is 3. The lowest BCUT2D eigenvalue weighted by Crippen LogP contribution is -2.13. The van der Waals surface area contributed by atoms with E-state index in [2.05, 4.69) is 0 Å². The second-order valence-electron chi connectivity index (χ2n) is 3.42. The van der Waals surface area contributed by atoms with Crippen LogP contribution in [-0.2, 0) is 6.18 Å². The van der Waals surface area contributed by atoms with E-state index >= 15 is 0 Å². The maximum absolute atomic E-state index is 12.3. The molecule has 0 saturated carbocycles. The summed E-state index contributed by atoms with van der Waals surface area (Å²) in [6.45, 7) is 3.57. The average molecular weight is 233 g/mol. The normalized spacial score (nSPS) is 16.4. The molecule has 0 aromatic heterocycles. The van der Waals surface area contributed by atoms with Crippen LogP contribution in [0.4, 0.5) is 13.2 Å². The molecule has 1 aromatic carbocycles. The number of alkyl halides is 3. The molecule has 0 aliphatic heterocycles. The highest BCUT2D eigenvalue weighted by Gasteiger charge is 2.30. The highest BCUT2D eigenvalue weighted by molar-refractivity contribution is 5.28. The van der Waals surface area contributed by atoms with Gasteiger partial charge >= 0.3 is 6.18 Å². The van der Waals surface area contributed by atoms with Crippen molar-refractivity contribution in [3.05, 3.63) is 29.8 Å². The Morgan fingerprint density at radius 2 is 1.81 bits per heavy atom. The zero-order valence-electron chi connectivity index (χ0n) is 10.2. The second kappa shape index (κ2) is 5.23. The van der Waals surface area contributed by atoms with Crippen LogP contribution in [0.3, 0.4) is 0 Å². The van der Waals surface area contributed by atoms with Gasteiger partial charge in [-0.15, -0.1) is 0 Å². The molecule has 0 fully saturated rings. The number of hydrogen-bond donors (Lipinski definition) is 0. The molecule has 0 radical (unpaired) electrons. The van der Waals surface area contributed by atoms with E-state index in [-0.39, 0.29) is 6.10 Å². The molecule has 90 valence electrons. The Hall–Kier alpha value is -1.19. The molecule has 1 rings (SSSR count).